The molecule has 43 heavy (non-hydrogen) atoms. The third-order valence-electron chi connectivity index (χ3n) is 7.19. The second kappa shape index (κ2) is 14.5. The molecule has 1 aliphatic rings. The van der Waals surface area contributed by atoms with Gasteiger partial charge in [0.1, 0.15) is 30.0 Å². The number of carbonyl (C=O) groups excluding carboxylic acids is 4. The Labute approximate surface area is 251 Å². The van der Waals surface area contributed by atoms with Gasteiger partial charge in [0.05, 0.1) is 19.8 Å². The van der Waals surface area contributed by atoms with Crippen LogP contribution < -0.4 is 20.7 Å². The van der Waals surface area contributed by atoms with Crippen LogP contribution in [0.5, 0.6) is 5.75 Å². The smallest absolute Gasteiger partial charge is 0.408 e. The van der Waals surface area contributed by atoms with Crippen molar-refractivity contribution in [2.45, 2.75) is 57.0 Å². The largest absolute Gasteiger partial charge is 0.497 e. The lowest BCUT2D eigenvalue weighted by Gasteiger charge is -2.25. The molecule has 3 aromatic rings. The van der Waals surface area contributed by atoms with E-state index in [1.54, 1.807) is 38.3 Å². The third-order valence-corrected chi connectivity index (χ3v) is 7.19. The summed E-state index contributed by atoms with van der Waals surface area (Å²) >= 11 is 0. The van der Waals surface area contributed by atoms with Crippen molar-refractivity contribution in [1.29, 1.82) is 0 Å². The van der Waals surface area contributed by atoms with E-state index in [2.05, 4.69) is 16.0 Å². The highest BCUT2D eigenvalue weighted by Gasteiger charge is 2.50. The number of ketones is 1. The van der Waals surface area contributed by atoms with Gasteiger partial charge in [-0.05, 0) is 49.1 Å². The van der Waals surface area contributed by atoms with Gasteiger partial charge in [-0.1, -0.05) is 72.8 Å². The number of rotatable bonds is 14. The highest BCUT2D eigenvalue weighted by molar-refractivity contribution is 5.98. The van der Waals surface area contributed by atoms with E-state index in [-0.39, 0.29) is 31.8 Å². The van der Waals surface area contributed by atoms with Crippen LogP contribution >= 0.6 is 0 Å². The number of hydrogen-bond donors (Lipinski definition) is 3. The summed E-state index contributed by atoms with van der Waals surface area (Å²) in [6.45, 7) is 3.51. The topological polar surface area (TPSA) is 135 Å². The van der Waals surface area contributed by atoms with E-state index in [4.69, 9.17) is 14.2 Å². The van der Waals surface area contributed by atoms with Gasteiger partial charge in [0.25, 0.3) is 0 Å². The van der Waals surface area contributed by atoms with Crippen LogP contribution in [0.2, 0.25) is 0 Å². The number of Topliss-reactive ketones (excluding diaryl/α,β-unsaturated/α-hetero) is 1. The first-order chi connectivity index (χ1) is 20.7. The van der Waals surface area contributed by atoms with Crippen LogP contribution in [0.3, 0.4) is 0 Å². The maximum absolute atomic E-state index is 13.7. The monoisotopic (exact) mass is 587 g/mol. The molecule has 3 aromatic carbocycles. The quantitative estimate of drug-likeness (QED) is 0.247. The molecule has 0 radical (unpaired) electrons. The molecule has 1 saturated heterocycles. The van der Waals surface area contributed by atoms with E-state index in [0.717, 1.165) is 16.7 Å². The molecule has 0 unspecified atom stereocenters. The van der Waals surface area contributed by atoms with Crippen molar-refractivity contribution >= 4 is 23.7 Å². The summed E-state index contributed by atoms with van der Waals surface area (Å²) in [7, 11) is 1.55. The average molecular weight is 588 g/mol. The van der Waals surface area contributed by atoms with Crippen LogP contribution in [0.4, 0.5) is 4.79 Å². The molecule has 4 atom stereocenters. The van der Waals surface area contributed by atoms with Crippen molar-refractivity contribution in [3.05, 3.63) is 102 Å². The summed E-state index contributed by atoms with van der Waals surface area (Å²) in [6.07, 6.45) is -0.375. The molecule has 226 valence electrons. The number of epoxide rings is 1. The lowest BCUT2D eigenvalue weighted by atomic mass is 9.94. The maximum Gasteiger partial charge on any atom is 0.408 e. The van der Waals surface area contributed by atoms with Gasteiger partial charge < -0.3 is 30.2 Å². The molecular weight excluding hydrogens is 550 g/mol. The van der Waals surface area contributed by atoms with Gasteiger partial charge in [-0.2, -0.15) is 0 Å². The Morgan fingerprint density at radius 3 is 1.88 bits per heavy atom. The summed E-state index contributed by atoms with van der Waals surface area (Å²) in [4.78, 5) is 52.6. The molecule has 1 aliphatic heterocycles. The number of methoxy groups -OCH3 is 1. The Balaban J connectivity index is 1.45. The summed E-state index contributed by atoms with van der Waals surface area (Å²) in [6, 6.07) is 22.7. The van der Waals surface area contributed by atoms with Gasteiger partial charge >= 0.3 is 6.09 Å². The average Bonchev–Trinajstić information content (AvgIpc) is 3.78. The lowest BCUT2D eigenvalue weighted by molar-refractivity contribution is -0.133. The fourth-order valence-corrected chi connectivity index (χ4v) is 4.46. The fraction of sp³-hybridized carbons (Fsp3) is 0.333. The normalized spacial score (nSPS) is 17.5. The molecule has 1 fully saturated rings. The van der Waals surface area contributed by atoms with Crippen molar-refractivity contribution in [3.63, 3.8) is 0 Å². The lowest BCUT2D eigenvalue weighted by Crippen LogP contribution is -2.57. The Bertz CT molecular complexity index is 1390. The van der Waals surface area contributed by atoms with E-state index < -0.39 is 41.6 Å². The Morgan fingerprint density at radius 1 is 0.767 bits per heavy atom. The minimum Gasteiger partial charge on any atom is -0.497 e. The van der Waals surface area contributed by atoms with Crippen molar-refractivity contribution < 1.29 is 33.4 Å². The van der Waals surface area contributed by atoms with Crippen LogP contribution in [-0.2, 0) is 43.3 Å². The SMILES string of the molecule is COc1ccc(C[C@H](NC(=O)[C@H](C)NC(=O)OCc2ccccc2)C(=O)N[C@@H](Cc2ccccc2)C(=O)[C@@]2(C)CO2)cc1. The number of ether oxygens (including phenoxy) is 3. The van der Waals surface area contributed by atoms with E-state index in [1.807, 2.05) is 60.7 Å². The second-order valence-corrected chi connectivity index (χ2v) is 10.7. The Kier molecular flexibility index (Phi) is 10.5. The summed E-state index contributed by atoms with van der Waals surface area (Å²) in [5, 5.41) is 8.10. The predicted molar refractivity (Wildman–Crippen MR) is 159 cm³/mol. The molecule has 3 N–H and O–H groups in total. The summed E-state index contributed by atoms with van der Waals surface area (Å²) < 4.78 is 15.8. The van der Waals surface area contributed by atoms with Crippen molar-refractivity contribution in [1.82, 2.24) is 16.0 Å². The Morgan fingerprint density at radius 2 is 1.30 bits per heavy atom. The van der Waals surface area contributed by atoms with Gasteiger partial charge in [0.2, 0.25) is 11.8 Å². The molecule has 0 bridgehead atoms. The minimum atomic E-state index is -1.05. The van der Waals surface area contributed by atoms with Crippen LogP contribution in [0, 0.1) is 0 Å². The summed E-state index contributed by atoms with van der Waals surface area (Å²) in [5.74, 6) is -0.724. The minimum absolute atomic E-state index is 0.0446. The van der Waals surface area contributed by atoms with Crippen LogP contribution in [-0.4, -0.2) is 61.1 Å². The first-order valence-corrected chi connectivity index (χ1v) is 14.1. The highest BCUT2D eigenvalue weighted by atomic mass is 16.6. The van der Waals surface area contributed by atoms with Crippen LogP contribution in [0.15, 0.2) is 84.9 Å². The number of nitrogens with one attached hydrogen (secondary N) is 3. The molecule has 0 aromatic heterocycles. The van der Waals surface area contributed by atoms with E-state index in [1.165, 1.54) is 6.92 Å². The van der Waals surface area contributed by atoms with Crippen molar-refractivity contribution in [2.24, 2.45) is 0 Å². The molecule has 1 heterocycles. The zero-order chi connectivity index (χ0) is 30.8. The molecular formula is C33H37N3O7. The van der Waals surface area contributed by atoms with E-state index >= 15 is 0 Å². The number of benzene rings is 3. The predicted octanol–water partition coefficient (Wildman–Crippen LogP) is 3.12. The fourth-order valence-electron chi connectivity index (χ4n) is 4.46. The van der Waals surface area contributed by atoms with Crippen molar-refractivity contribution in [3.8, 4) is 5.75 Å². The Hall–Kier alpha value is -4.70. The first-order valence-electron chi connectivity index (χ1n) is 14.1. The summed E-state index contributed by atoms with van der Waals surface area (Å²) in [5.41, 5.74) is 1.47. The standard InChI is InChI=1S/C33H37N3O7/c1-22(34-32(40)42-20-25-12-8-5-9-13-25)30(38)36-28(19-24-14-16-26(41-3)17-15-24)31(39)35-27(29(37)33(2)21-43-33)18-23-10-6-4-7-11-23/h4-17,22,27-28H,18-21H2,1-3H3,(H,34,40)(H,35,39)(H,36,38)/t22-,27-,28-,33+/m0/s1. The van der Waals surface area contributed by atoms with Gasteiger partial charge in [0.15, 0.2) is 5.78 Å². The molecule has 4 rings (SSSR count). The number of alkyl carbamates (subject to hydrolysis) is 1. The van der Waals surface area contributed by atoms with Gasteiger partial charge in [-0.3, -0.25) is 14.4 Å². The molecule has 10 nitrogen and oxygen atoms in total. The molecule has 3 amide bonds. The zero-order valence-corrected chi connectivity index (χ0v) is 24.5. The van der Waals surface area contributed by atoms with Crippen molar-refractivity contribution in [2.75, 3.05) is 13.7 Å². The zero-order valence-electron chi connectivity index (χ0n) is 24.5. The van der Waals surface area contributed by atoms with Crippen LogP contribution in [0.1, 0.15) is 30.5 Å². The van der Waals surface area contributed by atoms with Gasteiger partial charge in [-0.25, -0.2) is 4.79 Å². The van der Waals surface area contributed by atoms with E-state index in [9.17, 15) is 19.2 Å². The first kappa shape index (κ1) is 31.2. The number of carbonyl (C=O) groups is 4. The molecule has 0 spiro atoms. The molecule has 0 aliphatic carbocycles. The molecule has 10 heteroatoms. The molecule has 0 saturated carbocycles. The highest BCUT2D eigenvalue weighted by Crippen LogP contribution is 2.29. The van der Waals surface area contributed by atoms with Gasteiger partial charge in [0, 0.05) is 6.42 Å². The maximum atomic E-state index is 13.7. The third kappa shape index (κ3) is 9.14. The second-order valence-electron chi connectivity index (χ2n) is 10.7. The van der Waals surface area contributed by atoms with E-state index in [0.29, 0.717) is 5.75 Å². The number of amides is 3. The van der Waals surface area contributed by atoms with Gasteiger partial charge in [-0.15, -0.1) is 0 Å². The van der Waals surface area contributed by atoms with Crippen LogP contribution in [0.25, 0.3) is 0 Å². The number of hydrogen-bond acceptors (Lipinski definition) is 7.